The van der Waals surface area contributed by atoms with Crippen LogP contribution in [-0.4, -0.2) is 12.5 Å². The van der Waals surface area contributed by atoms with Gasteiger partial charge in [-0.2, -0.15) is 0 Å². The summed E-state index contributed by atoms with van der Waals surface area (Å²) in [5.74, 6) is 1.18. The number of ether oxygens (including phenoxy) is 1. The standard InChI is InChI=1S/C21H25NO2/c1-3-15(2)17-9-6-7-11-20(17)24-14-21(23)22-19-13-12-16-8-4-5-10-18(16)19/h4-11,15,19H,3,12-14H2,1-2H3,(H,22,23)/t15-,19-/m1/s1. The van der Waals surface area contributed by atoms with Crippen molar-refractivity contribution in [3.05, 3.63) is 65.2 Å². The molecule has 2 atom stereocenters. The van der Waals surface area contributed by atoms with Gasteiger partial charge >= 0.3 is 0 Å². The molecule has 0 fully saturated rings. The third-order valence-corrected chi connectivity index (χ3v) is 4.89. The second-order valence-electron chi connectivity index (χ2n) is 6.49. The van der Waals surface area contributed by atoms with E-state index >= 15 is 0 Å². The van der Waals surface area contributed by atoms with Gasteiger partial charge < -0.3 is 10.1 Å². The van der Waals surface area contributed by atoms with Crippen molar-refractivity contribution in [2.45, 2.75) is 45.1 Å². The molecular weight excluding hydrogens is 298 g/mol. The van der Waals surface area contributed by atoms with Gasteiger partial charge in [0.15, 0.2) is 6.61 Å². The number of fused-ring (bicyclic) bond motifs is 1. The molecule has 2 aromatic rings. The quantitative estimate of drug-likeness (QED) is 0.856. The number of carbonyl (C=O) groups excluding carboxylic acids is 1. The lowest BCUT2D eigenvalue weighted by molar-refractivity contribution is -0.123. The molecule has 0 saturated heterocycles. The smallest absolute Gasteiger partial charge is 0.258 e. The average Bonchev–Trinajstić information content (AvgIpc) is 3.02. The highest BCUT2D eigenvalue weighted by Gasteiger charge is 2.23. The zero-order valence-electron chi connectivity index (χ0n) is 14.4. The van der Waals surface area contributed by atoms with E-state index in [-0.39, 0.29) is 18.6 Å². The maximum Gasteiger partial charge on any atom is 0.258 e. The molecule has 1 N–H and O–H groups in total. The second kappa shape index (κ2) is 7.52. The van der Waals surface area contributed by atoms with Crippen molar-refractivity contribution < 1.29 is 9.53 Å². The fourth-order valence-electron chi connectivity index (χ4n) is 3.33. The van der Waals surface area contributed by atoms with Gasteiger partial charge in [-0.1, -0.05) is 56.3 Å². The van der Waals surface area contributed by atoms with Crippen molar-refractivity contribution in [3.63, 3.8) is 0 Å². The van der Waals surface area contributed by atoms with Crippen LogP contribution in [0.15, 0.2) is 48.5 Å². The zero-order valence-corrected chi connectivity index (χ0v) is 14.4. The minimum atomic E-state index is -0.0596. The maximum atomic E-state index is 12.3. The summed E-state index contributed by atoms with van der Waals surface area (Å²) in [6, 6.07) is 16.4. The highest BCUT2D eigenvalue weighted by Crippen LogP contribution is 2.31. The molecule has 0 radical (unpaired) electrons. The number of hydrogen-bond acceptors (Lipinski definition) is 2. The van der Waals surface area contributed by atoms with Gasteiger partial charge in [-0.15, -0.1) is 0 Å². The molecule has 0 heterocycles. The third-order valence-electron chi connectivity index (χ3n) is 4.89. The SMILES string of the molecule is CC[C@@H](C)c1ccccc1OCC(=O)N[C@@H]1CCc2ccccc21. The van der Waals surface area contributed by atoms with E-state index < -0.39 is 0 Å². The molecule has 0 spiro atoms. The first-order chi connectivity index (χ1) is 11.7. The molecule has 3 nitrogen and oxygen atoms in total. The Morgan fingerprint density at radius 3 is 2.79 bits per heavy atom. The first-order valence-electron chi connectivity index (χ1n) is 8.78. The van der Waals surface area contributed by atoms with E-state index in [4.69, 9.17) is 4.74 Å². The minimum Gasteiger partial charge on any atom is -0.483 e. The lowest BCUT2D eigenvalue weighted by Crippen LogP contribution is -2.31. The largest absolute Gasteiger partial charge is 0.483 e. The van der Waals surface area contributed by atoms with Crippen molar-refractivity contribution >= 4 is 5.91 Å². The highest BCUT2D eigenvalue weighted by atomic mass is 16.5. The van der Waals surface area contributed by atoms with Crippen LogP contribution in [0.5, 0.6) is 5.75 Å². The molecule has 2 aromatic carbocycles. The Labute approximate surface area is 144 Å². The van der Waals surface area contributed by atoms with Gasteiger partial charge in [-0.3, -0.25) is 4.79 Å². The van der Waals surface area contributed by atoms with E-state index in [2.05, 4.69) is 43.4 Å². The number of hydrogen-bond donors (Lipinski definition) is 1. The van der Waals surface area contributed by atoms with Crippen LogP contribution in [0.3, 0.4) is 0 Å². The minimum absolute atomic E-state index is 0.0596. The summed E-state index contributed by atoms with van der Waals surface area (Å²) in [5, 5.41) is 3.10. The van der Waals surface area contributed by atoms with Crippen molar-refractivity contribution in [3.8, 4) is 5.75 Å². The molecule has 24 heavy (non-hydrogen) atoms. The van der Waals surface area contributed by atoms with Gasteiger partial charge in [-0.05, 0) is 47.9 Å². The average molecular weight is 323 g/mol. The number of amides is 1. The predicted octanol–water partition coefficient (Wildman–Crippen LogP) is 4.38. The third kappa shape index (κ3) is 3.61. The molecule has 0 aliphatic heterocycles. The van der Waals surface area contributed by atoms with Crippen LogP contribution in [0, 0.1) is 0 Å². The summed E-state index contributed by atoms with van der Waals surface area (Å²) in [6.07, 6.45) is 3.04. The molecule has 1 aliphatic carbocycles. The van der Waals surface area contributed by atoms with Crippen LogP contribution >= 0.6 is 0 Å². The van der Waals surface area contributed by atoms with Crippen molar-refractivity contribution in [1.82, 2.24) is 5.32 Å². The summed E-state index contributed by atoms with van der Waals surface area (Å²) in [4.78, 5) is 12.3. The number of nitrogens with one attached hydrogen (secondary N) is 1. The normalized spacial score (nSPS) is 17.2. The van der Waals surface area contributed by atoms with Gasteiger partial charge in [0.05, 0.1) is 6.04 Å². The summed E-state index contributed by atoms with van der Waals surface area (Å²) in [7, 11) is 0. The maximum absolute atomic E-state index is 12.3. The molecule has 1 amide bonds. The predicted molar refractivity (Wildman–Crippen MR) is 96.3 cm³/mol. The topological polar surface area (TPSA) is 38.3 Å². The van der Waals surface area contributed by atoms with E-state index in [1.165, 1.54) is 16.7 Å². The first kappa shape index (κ1) is 16.6. The van der Waals surface area contributed by atoms with Crippen LogP contribution in [0.2, 0.25) is 0 Å². The molecular formula is C21H25NO2. The van der Waals surface area contributed by atoms with E-state index in [1.54, 1.807) is 0 Å². The van der Waals surface area contributed by atoms with Gasteiger partial charge in [-0.25, -0.2) is 0 Å². The lowest BCUT2D eigenvalue weighted by Gasteiger charge is -2.17. The molecule has 0 bridgehead atoms. The zero-order chi connectivity index (χ0) is 16.9. The Kier molecular flexibility index (Phi) is 5.19. The van der Waals surface area contributed by atoms with E-state index in [9.17, 15) is 4.79 Å². The Balaban J connectivity index is 1.59. The van der Waals surface area contributed by atoms with E-state index in [0.717, 1.165) is 25.0 Å². The molecule has 126 valence electrons. The number of aryl methyl sites for hydroxylation is 1. The number of benzene rings is 2. The number of carbonyl (C=O) groups is 1. The molecule has 0 aromatic heterocycles. The van der Waals surface area contributed by atoms with Crippen LogP contribution in [-0.2, 0) is 11.2 Å². The summed E-state index contributed by atoms with van der Waals surface area (Å²) in [5.41, 5.74) is 3.75. The van der Waals surface area contributed by atoms with Crippen LogP contribution < -0.4 is 10.1 Å². The van der Waals surface area contributed by atoms with Gasteiger partial charge in [0.1, 0.15) is 5.75 Å². The number of rotatable bonds is 6. The molecule has 3 rings (SSSR count). The molecule has 0 unspecified atom stereocenters. The number of para-hydroxylation sites is 1. The fraction of sp³-hybridized carbons (Fsp3) is 0.381. The van der Waals surface area contributed by atoms with Crippen LogP contribution in [0.4, 0.5) is 0 Å². The molecule has 3 heteroatoms. The Morgan fingerprint density at radius 2 is 1.96 bits per heavy atom. The van der Waals surface area contributed by atoms with Crippen molar-refractivity contribution in [2.24, 2.45) is 0 Å². The molecule has 0 saturated carbocycles. The van der Waals surface area contributed by atoms with Crippen molar-refractivity contribution in [2.75, 3.05) is 6.61 Å². The fourth-order valence-corrected chi connectivity index (χ4v) is 3.33. The summed E-state index contributed by atoms with van der Waals surface area (Å²) in [6.45, 7) is 4.40. The van der Waals surface area contributed by atoms with Gasteiger partial charge in [0.25, 0.3) is 5.91 Å². The Hall–Kier alpha value is -2.29. The Bertz CT molecular complexity index is 710. The monoisotopic (exact) mass is 323 g/mol. The second-order valence-corrected chi connectivity index (χ2v) is 6.49. The first-order valence-corrected chi connectivity index (χ1v) is 8.78. The molecule has 1 aliphatic rings. The van der Waals surface area contributed by atoms with Gasteiger partial charge in [0.2, 0.25) is 0 Å². The van der Waals surface area contributed by atoms with Crippen molar-refractivity contribution in [1.29, 1.82) is 0 Å². The van der Waals surface area contributed by atoms with Crippen LogP contribution in [0.1, 0.15) is 55.3 Å². The van der Waals surface area contributed by atoms with Gasteiger partial charge in [0, 0.05) is 0 Å². The summed E-state index contributed by atoms with van der Waals surface area (Å²) >= 11 is 0. The van der Waals surface area contributed by atoms with E-state index in [1.807, 2.05) is 24.3 Å². The lowest BCUT2D eigenvalue weighted by atomic mass is 9.98. The summed E-state index contributed by atoms with van der Waals surface area (Å²) < 4.78 is 5.81. The van der Waals surface area contributed by atoms with Crippen LogP contribution in [0.25, 0.3) is 0 Å². The highest BCUT2D eigenvalue weighted by molar-refractivity contribution is 5.78. The van der Waals surface area contributed by atoms with E-state index in [0.29, 0.717) is 5.92 Å². The Morgan fingerprint density at radius 1 is 1.21 bits per heavy atom.